The molecule has 62 heavy (non-hydrogen) atoms. The zero-order chi connectivity index (χ0) is 41.8. The summed E-state index contributed by atoms with van der Waals surface area (Å²) < 4.78 is 18.8. The molecule has 0 aliphatic carbocycles. The van der Waals surface area contributed by atoms with E-state index in [1.54, 1.807) is 25.1 Å². The number of fused-ring (bicyclic) bond motifs is 8. The number of ether oxygens (including phenoxy) is 3. The van der Waals surface area contributed by atoms with Crippen LogP contribution in [0.15, 0.2) is 91.0 Å². The average Bonchev–Trinajstić information content (AvgIpc) is 3.76. The van der Waals surface area contributed by atoms with E-state index >= 15 is 0 Å². The zero-order valence-corrected chi connectivity index (χ0v) is 42.2. The number of benzene rings is 5. The molecule has 314 valence electrons. The molecule has 0 spiro atoms. The number of likely N-dealkylation sites (N-methyl/N-ethyl adjacent to an activating group) is 2. The number of methoxy groups -OCH3 is 1. The van der Waals surface area contributed by atoms with Crippen LogP contribution in [0.25, 0.3) is 0 Å². The minimum atomic E-state index is -0.178. The van der Waals surface area contributed by atoms with Gasteiger partial charge in [-0.05, 0) is 109 Å². The summed E-state index contributed by atoms with van der Waals surface area (Å²) in [7, 11) is 7.27. The van der Waals surface area contributed by atoms with Gasteiger partial charge in [0.25, 0.3) is 11.8 Å². The van der Waals surface area contributed by atoms with Crippen LogP contribution in [0.4, 0.5) is 17.1 Å². The Kier molecular flexibility index (Phi) is 14.1. The third kappa shape index (κ3) is 8.54. The van der Waals surface area contributed by atoms with E-state index in [-0.39, 0.29) is 108 Å². The summed E-state index contributed by atoms with van der Waals surface area (Å²) in [6.45, 7) is 7.60. The summed E-state index contributed by atoms with van der Waals surface area (Å²) in [5.41, 5.74) is 10.5. The Morgan fingerprint density at radius 3 is 1.76 bits per heavy atom. The van der Waals surface area contributed by atoms with Gasteiger partial charge in [-0.25, -0.2) is 13.1 Å². The van der Waals surface area contributed by atoms with Crippen LogP contribution in [0.5, 0.6) is 17.2 Å². The van der Waals surface area contributed by atoms with Gasteiger partial charge in [-0.15, -0.1) is 0 Å². The Morgan fingerprint density at radius 2 is 1.23 bits per heavy atom. The number of rotatable bonds is 10. The molecule has 11 nitrogen and oxygen atoms in total. The van der Waals surface area contributed by atoms with Gasteiger partial charge in [0.2, 0.25) is 5.91 Å². The molecule has 0 saturated heterocycles. The molecule has 0 bridgehead atoms. The number of nitrogens with zero attached hydrogens (tertiary/aromatic N) is 5. The molecule has 9 rings (SSSR count). The Morgan fingerprint density at radius 1 is 0.726 bits per heavy atom. The van der Waals surface area contributed by atoms with Crippen molar-refractivity contribution in [1.82, 2.24) is 9.80 Å². The van der Waals surface area contributed by atoms with Gasteiger partial charge in [-0.2, -0.15) is 11.8 Å². The van der Waals surface area contributed by atoms with Gasteiger partial charge in [0, 0.05) is 115 Å². The van der Waals surface area contributed by atoms with Crippen LogP contribution in [0.1, 0.15) is 71.7 Å². The maximum Gasteiger partial charge on any atom is 0.254 e. The van der Waals surface area contributed by atoms with Crippen LogP contribution in [-0.2, 0) is 96.5 Å². The molecule has 2 radical (unpaired) electrons. The van der Waals surface area contributed by atoms with Crippen molar-refractivity contribution in [2.24, 2.45) is 0 Å². The van der Waals surface area contributed by atoms with Crippen molar-refractivity contribution >= 4 is 46.5 Å². The average molecular weight is 1000 g/mol. The van der Waals surface area contributed by atoms with Crippen molar-refractivity contribution in [3.05, 3.63) is 154 Å². The summed E-state index contributed by atoms with van der Waals surface area (Å²) in [6, 6.07) is 29.5. The number of hydrogen-bond acceptors (Lipinski definition) is 9. The number of aryl methyl sites for hydroxylation is 1. The van der Waals surface area contributed by atoms with Crippen molar-refractivity contribution in [2.45, 2.75) is 45.3 Å². The molecular formula is C48H47N5O6SY2-2. The van der Waals surface area contributed by atoms with Crippen molar-refractivity contribution in [3.63, 3.8) is 0 Å². The van der Waals surface area contributed by atoms with Crippen LogP contribution >= 0.6 is 11.8 Å². The fourth-order valence-electron chi connectivity index (χ4n) is 8.81. The first-order valence-corrected chi connectivity index (χ1v) is 21.4. The van der Waals surface area contributed by atoms with Gasteiger partial charge < -0.3 is 38.7 Å². The normalized spacial score (nSPS) is 16.9. The minimum Gasteiger partial charge on any atom is -0.522 e. The predicted octanol–water partition coefficient (Wildman–Crippen LogP) is 8.10. The SMILES string of the molecule is COc1cc2c(cc1OCc1cc(COc3cc4c(cc3C)C(=O)N3Cc5ccccc5[C@H]3[CH-]N4C)cc(N(C)C(=O)CSC)c1)N(C)[CH-][C@@H]1c3ccccc3CN1C2=O.[Y].[Y]. The van der Waals surface area contributed by atoms with E-state index in [2.05, 4.69) is 37.4 Å². The summed E-state index contributed by atoms with van der Waals surface area (Å²) >= 11 is 1.47. The van der Waals surface area contributed by atoms with Crippen LogP contribution in [0.2, 0.25) is 0 Å². The van der Waals surface area contributed by atoms with E-state index in [0.717, 1.165) is 44.8 Å². The smallest absolute Gasteiger partial charge is 0.254 e. The second-order valence-corrected chi connectivity index (χ2v) is 16.7. The molecule has 3 amide bonds. The Hall–Kier alpha value is -3.93. The first kappa shape index (κ1) is 46.1. The number of thioether (sulfide) groups is 1. The van der Waals surface area contributed by atoms with Crippen molar-refractivity contribution in [2.75, 3.05) is 55.0 Å². The molecule has 0 unspecified atom stereocenters. The molecule has 4 aliphatic rings. The van der Waals surface area contributed by atoms with Gasteiger partial charge in [0.1, 0.15) is 19.0 Å². The van der Waals surface area contributed by atoms with E-state index < -0.39 is 0 Å². The van der Waals surface area contributed by atoms with Crippen LogP contribution < -0.4 is 28.9 Å². The number of carbonyl (C=O) groups is 3. The van der Waals surface area contributed by atoms with Crippen molar-refractivity contribution in [1.29, 1.82) is 0 Å². The fraction of sp³-hybridized carbons (Fsp3) is 0.271. The third-order valence-electron chi connectivity index (χ3n) is 12.0. The minimum absolute atomic E-state index is 0. The first-order chi connectivity index (χ1) is 29.0. The van der Waals surface area contributed by atoms with E-state index in [1.807, 2.05) is 108 Å². The molecular weight excluding hydrogens is 952 g/mol. The van der Waals surface area contributed by atoms with Gasteiger partial charge in [-0.1, -0.05) is 48.5 Å². The topological polar surface area (TPSA) is 95.1 Å². The van der Waals surface area contributed by atoms with Crippen LogP contribution in [-0.4, -0.2) is 67.8 Å². The maximum atomic E-state index is 14.0. The molecule has 0 aromatic heterocycles. The monoisotopic (exact) mass is 999 g/mol. The van der Waals surface area contributed by atoms with Crippen molar-refractivity contribution in [3.8, 4) is 17.2 Å². The number of amides is 3. The number of hydrogen-bond donors (Lipinski definition) is 0. The Balaban J connectivity index is 0.00000289. The third-order valence-corrected chi connectivity index (χ3v) is 12.5. The second kappa shape index (κ2) is 19.0. The number of anilines is 3. The first-order valence-electron chi connectivity index (χ1n) is 20.0. The van der Waals surface area contributed by atoms with E-state index in [4.69, 9.17) is 14.2 Å². The van der Waals surface area contributed by atoms with Crippen LogP contribution in [0, 0.1) is 20.0 Å². The summed E-state index contributed by atoms with van der Waals surface area (Å²) in [4.78, 5) is 50.6. The Bertz CT molecular complexity index is 2560. The van der Waals surface area contributed by atoms with Gasteiger partial charge in [-0.3, -0.25) is 14.4 Å². The largest absolute Gasteiger partial charge is 0.522 e. The van der Waals surface area contributed by atoms with Crippen molar-refractivity contribution < 1.29 is 94.0 Å². The maximum absolute atomic E-state index is 14.0. The van der Waals surface area contributed by atoms with Gasteiger partial charge >= 0.3 is 0 Å². The van der Waals surface area contributed by atoms with Gasteiger partial charge in [0.15, 0.2) is 11.5 Å². The summed E-state index contributed by atoms with van der Waals surface area (Å²) in [6.07, 6.45) is 1.91. The van der Waals surface area contributed by atoms with E-state index in [1.165, 1.54) is 17.3 Å². The molecule has 5 aromatic carbocycles. The molecule has 0 N–H and O–H groups in total. The fourth-order valence-corrected chi connectivity index (χ4v) is 9.26. The zero-order valence-electron chi connectivity index (χ0n) is 35.8. The molecule has 0 saturated carbocycles. The molecule has 14 heteroatoms. The van der Waals surface area contributed by atoms with E-state index in [0.29, 0.717) is 52.9 Å². The second-order valence-electron chi connectivity index (χ2n) is 15.8. The molecule has 5 aromatic rings. The standard InChI is InChI=1S/C48H47N5O6S.2Y/c1-29-15-37-39(49(2)24-41-35-13-9-7-11-32(35)22-52(41)47(37)55)20-43(29)58-26-30-16-31(18-34(17-30)51(4)46(54)28-60-6)27-59-45-21-40-38(19-44(45)57-5)48(56)53-23-33-12-8-10-14-36(33)42(53)25-50(40)3;;/h7-21,24-25,41-42H,22-23,26-28H2,1-6H3;;/q-2;;/t41-,42-;;/m1../s1. The summed E-state index contributed by atoms with van der Waals surface area (Å²) in [5.74, 6) is 1.83. The summed E-state index contributed by atoms with van der Waals surface area (Å²) in [5, 5.41) is 0. The molecule has 4 aliphatic heterocycles. The quantitative estimate of drug-likeness (QED) is 0.129. The molecule has 4 heterocycles. The number of carbonyl (C=O) groups excluding carboxylic acids is 3. The van der Waals surface area contributed by atoms with Gasteiger partial charge in [0.05, 0.1) is 24.0 Å². The Labute approximate surface area is 418 Å². The van der Waals surface area contributed by atoms with Crippen LogP contribution in [0.3, 0.4) is 0 Å². The van der Waals surface area contributed by atoms with E-state index in [9.17, 15) is 14.4 Å². The molecule has 0 fully saturated rings. The molecule has 2 atom stereocenters. The predicted molar refractivity (Wildman–Crippen MR) is 235 cm³/mol.